The number of nitrogens with zero attached hydrogens (tertiary/aromatic N) is 1. The second-order valence-electron chi connectivity index (χ2n) is 7.34. The number of amides is 1. The summed E-state index contributed by atoms with van der Waals surface area (Å²) in [5.74, 6) is -0.714. The lowest BCUT2D eigenvalue weighted by atomic mass is 10.0. The molecule has 1 amide bonds. The Labute approximate surface area is 170 Å². The summed E-state index contributed by atoms with van der Waals surface area (Å²) < 4.78 is 25.0. The van der Waals surface area contributed by atoms with E-state index in [9.17, 15) is 14.0 Å². The van der Waals surface area contributed by atoms with Crippen LogP contribution in [0, 0.1) is 5.82 Å². The van der Waals surface area contributed by atoms with Gasteiger partial charge in [-0.3, -0.25) is 9.59 Å². The van der Waals surface area contributed by atoms with Crippen molar-refractivity contribution >= 4 is 28.2 Å². The maximum atomic E-state index is 13.8. The summed E-state index contributed by atoms with van der Waals surface area (Å²) in [6.45, 7) is 4.51. The van der Waals surface area contributed by atoms with Gasteiger partial charge in [-0.25, -0.2) is 4.39 Å². The Bertz CT molecular complexity index is 1120. The number of rotatable bonds is 4. The van der Waals surface area contributed by atoms with Crippen LogP contribution in [0.25, 0.3) is 11.0 Å². The lowest BCUT2D eigenvalue weighted by Gasteiger charge is -2.28. The van der Waals surface area contributed by atoms with Crippen LogP contribution in [0.2, 0.25) is 0 Å². The van der Waals surface area contributed by atoms with Crippen molar-refractivity contribution in [3.05, 3.63) is 68.0 Å². The molecule has 1 atom stereocenters. The predicted octanol–water partition coefficient (Wildman–Crippen LogP) is 1.45. The summed E-state index contributed by atoms with van der Waals surface area (Å²) in [6, 6.07) is 7.13. The molecule has 1 saturated heterocycles. The van der Waals surface area contributed by atoms with Gasteiger partial charge in [-0.1, -0.05) is 6.07 Å². The SMILES string of the molecule is O=C1c2oc3ccc(F)cc3c(=O)c2[C@H](c2cccs2)N1CC[NH+]1CCOCC1. The number of carbonyl (C=O) groups is 1. The Morgan fingerprint density at radius 3 is 2.79 bits per heavy atom. The van der Waals surface area contributed by atoms with Crippen LogP contribution in [0.3, 0.4) is 0 Å². The highest BCUT2D eigenvalue weighted by Crippen LogP contribution is 2.39. The van der Waals surface area contributed by atoms with Gasteiger partial charge in [-0.2, -0.15) is 0 Å². The van der Waals surface area contributed by atoms with Crippen LogP contribution in [0.15, 0.2) is 44.9 Å². The fourth-order valence-electron chi connectivity index (χ4n) is 4.15. The molecule has 29 heavy (non-hydrogen) atoms. The smallest absolute Gasteiger partial charge is 0.291 e. The van der Waals surface area contributed by atoms with Crippen LogP contribution in [0.5, 0.6) is 0 Å². The highest BCUT2D eigenvalue weighted by molar-refractivity contribution is 7.10. The number of benzene rings is 1. The highest BCUT2D eigenvalue weighted by Gasteiger charge is 2.43. The van der Waals surface area contributed by atoms with Crippen molar-refractivity contribution in [3.63, 3.8) is 0 Å². The predicted molar refractivity (Wildman–Crippen MR) is 106 cm³/mol. The molecule has 1 aromatic carbocycles. The van der Waals surface area contributed by atoms with Crippen molar-refractivity contribution in [3.8, 4) is 0 Å². The Morgan fingerprint density at radius 1 is 1.21 bits per heavy atom. The summed E-state index contributed by atoms with van der Waals surface area (Å²) in [5, 5.41) is 2.09. The van der Waals surface area contributed by atoms with Gasteiger partial charge >= 0.3 is 0 Å². The standard InChI is InChI=1S/C21H19FN2O4S/c22-13-3-4-15-14(12-13)19(25)17-18(16-2-1-11-29-16)24(21(26)20(17)28-15)6-5-23-7-9-27-10-8-23/h1-4,11-12,18H,5-10H2/p+1/t18-/m0/s1. The summed E-state index contributed by atoms with van der Waals surface area (Å²) in [4.78, 5) is 30.5. The Morgan fingerprint density at radius 2 is 2.03 bits per heavy atom. The zero-order valence-corrected chi connectivity index (χ0v) is 16.5. The van der Waals surface area contributed by atoms with Crippen LogP contribution in [0.1, 0.15) is 27.0 Å². The maximum absolute atomic E-state index is 13.8. The van der Waals surface area contributed by atoms with Crippen LogP contribution in [-0.2, 0) is 4.74 Å². The average Bonchev–Trinajstić information content (AvgIpc) is 3.35. The molecular formula is C21H20FN2O4S+. The normalized spacial score (nSPS) is 19.8. The van der Waals surface area contributed by atoms with Gasteiger partial charge in [0.25, 0.3) is 5.91 Å². The van der Waals surface area contributed by atoms with Gasteiger partial charge in [0.2, 0.25) is 5.76 Å². The molecule has 0 bridgehead atoms. The molecule has 0 radical (unpaired) electrons. The van der Waals surface area contributed by atoms with Crippen molar-refractivity contribution < 1.29 is 23.2 Å². The molecule has 0 saturated carbocycles. The number of ether oxygens (including phenoxy) is 1. The van der Waals surface area contributed by atoms with Crippen molar-refractivity contribution in [2.45, 2.75) is 6.04 Å². The van der Waals surface area contributed by atoms with Gasteiger partial charge in [0, 0.05) is 4.88 Å². The molecule has 2 aliphatic heterocycles. The van der Waals surface area contributed by atoms with E-state index in [-0.39, 0.29) is 28.1 Å². The van der Waals surface area contributed by atoms with E-state index in [2.05, 4.69) is 0 Å². The molecular weight excluding hydrogens is 395 g/mol. The monoisotopic (exact) mass is 415 g/mol. The molecule has 8 heteroatoms. The minimum absolute atomic E-state index is 0.0736. The molecule has 2 aromatic heterocycles. The highest BCUT2D eigenvalue weighted by atomic mass is 32.1. The molecule has 3 aromatic rings. The van der Waals surface area contributed by atoms with Crippen molar-refractivity contribution in [1.29, 1.82) is 0 Å². The number of thiophene rings is 1. The van der Waals surface area contributed by atoms with E-state index in [0.29, 0.717) is 12.1 Å². The van der Waals surface area contributed by atoms with E-state index in [4.69, 9.17) is 9.15 Å². The third-order valence-corrected chi connectivity index (χ3v) is 6.57. The maximum Gasteiger partial charge on any atom is 0.291 e. The van der Waals surface area contributed by atoms with Gasteiger partial charge < -0.3 is 19.0 Å². The molecule has 1 fully saturated rings. The number of hydrogen-bond donors (Lipinski definition) is 1. The van der Waals surface area contributed by atoms with Crippen LogP contribution >= 0.6 is 11.3 Å². The van der Waals surface area contributed by atoms with E-state index in [1.165, 1.54) is 34.4 Å². The first kappa shape index (κ1) is 18.5. The Balaban J connectivity index is 1.58. The summed E-state index contributed by atoms with van der Waals surface area (Å²) in [5.41, 5.74) is 0.204. The topological polar surface area (TPSA) is 64.2 Å². The number of carbonyl (C=O) groups excluding carboxylic acids is 1. The number of hydrogen-bond acceptors (Lipinski definition) is 5. The van der Waals surface area contributed by atoms with E-state index in [0.717, 1.165) is 37.7 Å². The molecule has 4 heterocycles. The van der Waals surface area contributed by atoms with E-state index < -0.39 is 11.9 Å². The largest absolute Gasteiger partial charge is 0.450 e. The number of morpholine rings is 1. The fourth-order valence-corrected chi connectivity index (χ4v) is 5.00. The van der Waals surface area contributed by atoms with Gasteiger partial charge in [-0.15, -0.1) is 11.3 Å². The van der Waals surface area contributed by atoms with Crippen molar-refractivity contribution in [2.75, 3.05) is 39.4 Å². The minimum Gasteiger partial charge on any atom is -0.450 e. The van der Waals surface area contributed by atoms with Gasteiger partial charge in [0.15, 0.2) is 5.43 Å². The zero-order chi connectivity index (χ0) is 20.0. The summed E-state index contributed by atoms with van der Waals surface area (Å²) >= 11 is 1.49. The van der Waals surface area contributed by atoms with E-state index in [1.807, 2.05) is 17.5 Å². The lowest BCUT2D eigenvalue weighted by Crippen LogP contribution is -3.14. The third-order valence-electron chi connectivity index (χ3n) is 5.65. The molecule has 0 aliphatic carbocycles. The first-order chi connectivity index (χ1) is 14.1. The third kappa shape index (κ3) is 3.17. The molecule has 2 aliphatic rings. The van der Waals surface area contributed by atoms with E-state index in [1.54, 1.807) is 4.90 Å². The quantitative estimate of drug-likeness (QED) is 0.701. The number of nitrogens with one attached hydrogen (secondary N) is 1. The van der Waals surface area contributed by atoms with Crippen LogP contribution < -0.4 is 10.3 Å². The molecule has 0 unspecified atom stereocenters. The molecule has 5 rings (SSSR count). The van der Waals surface area contributed by atoms with E-state index >= 15 is 0 Å². The van der Waals surface area contributed by atoms with Crippen LogP contribution in [-0.4, -0.2) is 50.2 Å². The molecule has 0 spiro atoms. The van der Waals surface area contributed by atoms with Gasteiger partial charge in [-0.05, 0) is 29.6 Å². The van der Waals surface area contributed by atoms with Gasteiger partial charge in [0.1, 0.15) is 24.5 Å². The summed E-state index contributed by atoms with van der Waals surface area (Å²) in [6.07, 6.45) is 0. The second-order valence-corrected chi connectivity index (χ2v) is 8.32. The molecule has 150 valence electrons. The van der Waals surface area contributed by atoms with Gasteiger partial charge in [0.05, 0.1) is 43.3 Å². The Hall–Kier alpha value is -2.55. The summed E-state index contributed by atoms with van der Waals surface area (Å²) in [7, 11) is 0. The van der Waals surface area contributed by atoms with Crippen molar-refractivity contribution in [1.82, 2.24) is 4.90 Å². The number of fused-ring (bicyclic) bond motifs is 2. The first-order valence-electron chi connectivity index (χ1n) is 9.65. The Kier molecular flexibility index (Phi) is 4.69. The van der Waals surface area contributed by atoms with Crippen molar-refractivity contribution in [2.24, 2.45) is 0 Å². The number of quaternary nitrogens is 1. The minimum atomic E-state index is -0.505. The fraction of sp³-hybridized carbons (Fsp3) is 0.333. The second kappa shape index (κ2) is 7.37. The zero-order valence-electron chi connectivity index (χ0n) is 15.7. The molecule has 6 nitrogen and oxygen atoms in total. The van der Waals surface area contributed by atoms with Crippen LogP contribution in [0.4, 0.5) is 4.39 Å². The number of halogens is 1. The molecule has 1 N–H and O–H groups in total. The lowest BCUT2D eigenvalue weighted by molar-refractivity contribution is -0.907. The average molecular weight is 415 g/mol. The first-order valence-corrected chi connectivity index (χ1v) is 10.5.